The number of carbonyl (C=O) groups is 2. The highest BCUT2D eigenvalue weighted by atomic mass is 17.0. The minimum absolute atomic E-state index is 0.0326. The molecule has 0 aliphatic carbocycles. The summed E-state index contributed by atoms with van der Waals surface area (Å²) in [5.74, 6) is -2.84. The van der Waals surface area contributed by atoms with Crippen molar-refractivity contribution < 1.29 is 38.9 Å². The van der Waals surface area contributed by atoms with Crippen molar-refractivity contribution in [3.05, 3.63) is 20.2 Å². The largest absolute Gasteiger partial charge is 0.512 e. The summed E-state index contributed by atoms with van der Waals surface area (Å²) >= 11 is 0. The normalized spacial score (nSPS) is 18.2. The number of amides is 1. The Labute approximate surface area is 147 Å². The lowest BCUT2D eigenvalue weighted by Crippen LogP contribution is -2.47. The lowest BCUT2D eigenvalue weighted by Gasteiger charge is -2.33. The van der Waals surface area contributed by atoms with E-state index in [2.05, 4.69) is 19.1 Å². The van der Waals surface area contributed by atoms with Crippen molar-refractivity contribution in [2.45, 2.75) is 51.2 Å². The molecule has 1 aliphatic heterocycles. The maximum absolute atomic E-state index is 12.3. The zero-order valence-corrected chi connectivity index (χ0v) is 14.2. The van der Waals surface area contributed by atoms with Crippen LogP contribution in [0.25, 0.3) is 0 Å². The summed E-state index contributed by atoms with van der Waals surface area (Å²) in [4.78, 5) is 54.4. The zero-order chi connectivity index (χ0) is 19.9. The fourth-order valence-corrected chi connectivity index (χ4v) is 2.26. The molecule has 1 rings (SSSR count). The molecule has 1 aliphatic rings. The van der Waals surface area contributed by atoms with Gasteiger partial charge in [0.1, 0.15) is 0 Å². The number of carbonyl (C=O) groups excluding carboxylic acids is 2. The van der Waals surface area contributed by atoms with Crippen LogP contribution in [0.4, 0.5) is 4.79 Å². The van der Waals surface area contributed by atoms with Gasteiger partial charge in [-0.2, -0.15) is 0 Å². The smallest absolute Gasteiger partial charge is 0.404 e. The van der Waals surface area contributed by atoms with E-state index in [1.165, 1.54) is 4.90 Å². The third-order valence-electron chi connectivity index (χ3n) is 3.43. The van der Waals surface area contributed by atoms with Crippen LogP contribution in [0.5, 0.6) is 0 Å². The molecule has 1 heterocycles. The van der Waals surface area contributed by atoms with E-state index in [9.17, 15) is 29.8 Å². The van der Waals surface area contributed by atoms with Crippen LogP contribution in [0, 0.1) is 20.2 Å². The van der Waals surface area contributed by atoms with Gasteiger partial charge in [0.05, 0.1) is 6.42 Å². The quantitative estimate of drug-likeness (QED) is 0.257. The average Bonchev–Trinajstić information content (AvgIpc) is 2.44. The van der Waals surface area contributed by atoms with Gasteiger partial charge in [0.15, 0.2) is 0 Å². The van der Waals surface area contributed by atoms with Gasteiger partial charge in [0.25, 0.3) is 16.0 Å². The highest BCUT2D eigenvalue weighted by Crippen LogP contribution is 2.22. The van der Waals surface area contributed by atoms with E-state index >= 15 is 0 Å². The summed E-state index contributed by atoms with van der Waals surface area (Å²) in [5, 5.41) is 18.4. The van der Waals surface area contributed by atoms with E-state index in [1.54, 1.807) is 0 Å². The van der Waals surface area contributed by atoms with Crippen molar-refractivity contribution in [1.82, 2.24) is 4.90 Å². The van der Waals surface area contributed by atoms with Crippen molar-refractivity contribution in [2.75, 3.05) is 13.1 Å². The summed E-state index contributed by atoms with van der Waals surface area (Å²) in [6.07, 6.45) is -2.70. The Morgan fingerprint density at radius 2 is 1.85 bits per heavy atom. The Bertz CT molecular complexity index is 550. The van der Waals surface area contributed by atoms with Crippen LogP contribution in [0.3, 0.4) is 0 Å². The highest BCUT2D eigenvalue weighted by Gasteiger charge is 2.39. The molecule has 26 heavy (non-hydrogen) atoms. The van der Waals surface area contributed by atoms with E-state index < -0.39 is 40.7 Å². The van der Waals surface area contributed by atoms with Crippen molar-refractivity contribution in [2.24, 2.45) is 5.73 Å². The van der Waals surface area contributed by atoms with E-state index in [-0.39, 0.29) is 6.04 Å². The van der Waals surface area contributed by atoms with Gasteiger partial charge < -0.3 is 20.1 Å². The van der Waals surface area contributed by atoms with Gasteiger partial charge in [-0.05, 0) is 19.8 Å². The number of ether oxygens (including phenoxy) is 2. The number of hydrogen-bond acceptors (Lipinski definition) is 11. The van der Waals surface area contributed by atoms with Crippen molar-refractivity contribution in [3.8, 4) is 0 Å². The molecule has 148 valence electrons. The second-order valence-electron chi connectivity index (χ2n) is 5.71. The molecule has 0 aromatic carbocycles. The minimum Gasteiger partial charge on any atom is -0.404 e. The van der Waals surface area contributed by atoms with Crippen LogP contribution in [-0.4, -0.2) is 58.3 Å². The molecular formula is C12H20N4O10. The molecule has 1 fully saturated rings. The molecule has 2 atom stereocenters. The van der Waals surface area contributed by atoms with Gasteiger partial charge in [-0.15, -0.1) is 20.2 Å². The van der Waals surface area contributed by atoms with Gasteiger partial charge in [0, 0.05) is 26.1 Å². The molecule has 14 nitrogen and oxygen atoms in total. The monoisotopic (exact) mass is 380 g/mol. The first-order valence-electron chi connectivity index (χ1n) is 7.58. The zero-order valence-electron chi connectivity index (χ0n) is 14.2. The van der Waals surface area contributed by atoms with Gasteiger partial charge in [0.2, 0.25) is 12.2 Å². The van der Waals surface area contributed by atoms with Gasteiger partial charge in [-0.25, -0.2) is 4.79 Å². The molecule has 1 amide bonds. The fraction of sp³-hybridized carbons (Fsp3) is 0.833. The Morgan fingerprint density at radius 1 is 1.27 bits per heavy atom. The first-order valence-corrected chi connectivity index (χ1v) is 7.58. The minimum atomic E-state index is -2.29. The molecule has 0 aromatic rings. The second-order valence-corrected chi connectivity index (χ2v) is 5.71. The van der Waals surface area contributed by atoms with Crippen molar-refractivity contribution in [1.29, 1.82) is 0 Å². The highest BCUT2D eigenvalue weighted by molar-refractivity contribution is 5.77. The van der Waals surface area contributed by atoms with Gasteiger partial charge in [-0.1, -0.05) is 0 Å². The lowest BCUT2D eigenvalue weighted by molar-refractivity contribution is -0.793. The summed E-state index contributed by atoms with van der Waals surface area (Å²) in [7, 11) is 0. The molecule has 14 heteroatoms. The standard InChI is InChI=1S/C12H20N4O10/c1-8(25-15(19)20)23-11(18)24-12(2,26-16(21)22)7-10(17)14-5-3-9(13)4-6-14/h8-9H,3-7,13H2,1-2H3. The SMILES string of the molecule is CC(OC(=O)OC(C)(CC(=O)N1CCC(N)CC1)O[N+](=O)[O-])O[N+](=O)[O-]. The lowest BCUT2D eigenvalue weighted by atomic mass is 10.1. The number of rotatable bonds is 8. The van der Waals surface area contributed by atoms with Crippen LogP contribution < -0.4 is 5.73 Å². The second kappa shape index (κ2) is 8.98. The summed E-state index contributed by atoms with van der Waals surface area (Å²) in [5.41, 5.74) is 5.74. The van der Waals surface area contributed by atoms with Crippen molar-refractivity contribution in [3.63, 3.8) is 0 Å². The predicted molar refractivity (Wildman–Crippen MR) is 80.0 cm³/mol. The molecule has 1 saturated heterocycles. The first kappa shape index (κ1) is 21.1. The van der Waals surface area contributed by atoms with E-state index in [1.807, 2.05) is 0 Å². The average molecular weight is 380 g/mol. The van der Waals surface area contributed by atoms with E-state index in [4.69, 9.17) is 5.73 Å². The molecule has 2 N–H and O–H groups in total. The molecule has 2 unspecified atom stereocenters. The van der Waals surface area contributed by atoms with Crippen LogP contribution in [0.1, 0.15) is 33.1 Å². The van der Waals surface area contributed by atoms with Crippen LogP contribution in [0.2, 0.25) is 0 Å². The number of hydrogen-bond donors (Lipinski definition) is 1. The van der Waals surface area contributed by atoms with E-state index in [0.717, 1.165) is 13.8 Å². The maximum atomic E-state index is 12.3. The third kappa shape index (κ3) is 7.33. The number of nitrogens with zero attached hydrogens (tertiary/aromatic N) is 3. The molecular weight excluding hydrogens is 360 g/mol. The summed E-state index contributed by atoms with van der Waals surface area (Å²) in [6, 6.07) is -0.0326. The molecule has 0 aromatic heterocycles. The fourth-order valence-electron chi connectivity index (χ4n) is 2.26. The maximum Gasteiger partial charge on any atom is 0.512 e. The van der Waals surface area contributed by atoms with Gasteiger partial charge >= 0.3 is 6.16 Å². The van der Waals surface area contributed by atoms with Gasteiger partial charge in [-0.3, -0.25) is 14.5 Å². The Hall–Kier alpha value is -2.90. The van der Waals surface area contributed by atoms with Crippen LogP contribution >= 0.6 is 0 Å². The Kier molecular flexibility index (Phi) is 7.30. The molecule has 0 spiro atoms. The Morgan fingerprint density at radius 3 is 2.35 bits per heavy atom. The topological polar surface area (TPSA) is 187 Å². The first-order chi connectivity index (χ1) is 12.0. The Balaban J connectivity index is 2.70. The molecule has 0 saturated carbocycles. The van der Waals surface area contributed by atoms with Crippen LogP contribution in [0.15, 0.2) is 0 Å². The number of nitrogens with two attached hydrogens (primary N) is 1. The number of likely N-dealkylation sites (tertiary alicyclic amines) is 1. The molecule has 0 bridgehead atoms. The predicted octanol–water partition coefficient (Wildman–Crippen LogP) is -0.0418. The third-order valence-corrected chi connectivity index (χ3v) is 3.43. The molecule has 0 radical (unpaired) electrons. The van der Waals surface area contributed by atoms with E-state index in [0.29, 0.717) is 25.9 Å². The van der Waals surface area contributed by atoms with Crippen LogP contribution in [-0.2, 0) is 23.9 Å². The number of piperidine rings is 1. The summed E-state index contributed by atoms with van der Waals surface area (Å²) in [6.45, 7) is 2.72. The van der Waals surface area contributed by atoms with Crippen molar-refractivity contribution >= 4 is 12.1 Å². The summed E-state index contributed by atoms with van der Waals surface area (Å²) < 4.78 is 9.09.